The van der Waals surface area contributed by atoms with Crippen molar-refractivity contribution >= 4 is 6.21 Å². The quantitative estimate of drug-likeness (QED) is 0.526. The number of hydrogen-bond donors (Lipinski definition) is 0. The molecule has 0 saturated carbocycles. The third kappa shape index (κ3) is 5.57. The van der Waals surface area contributed by atoms with Gasteiger partial charge in [-0.05, 0) is 44.5 Å². The molecule has 4 nitrogen and oxygen atoms in total. The average Bonchev–Trinajstić information content (AvgIpc) is 2.40. The van der Waals surface area contributed by atoms with Crippen molar-refractivity contribution in [2.45, 2.75) is 33.3 Å². The van der Waals surface area contributed by atoms with Gasteiger partial charge in [0.2, 0.25) is 0 Å². The van der Waals surface area contributed by atoms with Crippen molar-refractivity contribution < 1.29 is 14.3 Å². The Hall–Kier alpha value is -1.71. The summed E-state index contributed by atoms with van der Waals surface area (Å²) in [6, 6.07) is 7.57. The lowest BCUT2D eigenvalue weighted by Gasteiger charge is -2.12. The molecule has 1 aromatic carbocycles. The molecule has 0 aromatic heterocycles. The Balaban J connectivity index is 2.36. The summed E-state index contributed by atoms with van der Waals surface area (Å²) in [7, 11) is 0. The third-order valence-corrected chi connectivity index (χ3v) is 2.34. The molecule has 1 unspecified atom stereocenters. The molecule has 1 atom stereocenters. The summed E-state index contributed by atoms with van der Waals surface area (Å²) in [6.07, 6.45) is 2.81. The minimum absolute atomic E-state index is 0.232. The molecule has 4 heteroatoms. The molecule has 0 N–H and O–H groups in total. The fourth-order valence-corrected chi connectivity index (χ4v) is 1.22. The molecule has 0 heterocycles. The number of ether oxygens (including phenoxy) is 2. The fraction of sp³-hybridized carbons (Fsp3) is 0.500. The van der Waals surface area contributed by atoms with Gasteiger partial charge in [-0.25, -0.2) is 0 Å². The summed E-state index contributed by atoms with van der Waals surface area (Å²) in [4.78, 5) is 4.82. The zero-order valence-electron chi connectivity index (χ0n) is 11.3. The second-order valence-corrected chi connectivity index (χ2v) is 3.82. The van der Waals surface area contributed by atoms with E-state index in [1.165, 1.54) is 0 Å². The molecule has 0 amide bonds. The maximum Gasteiger partial charge on any atom is 0.127 e. The first-order valence-electron chi connectivity index (χ1n) is 6.29. The van der Waals surface area contributed by atoms with Crippen molar-refractivity contribution in [1.82, 2.24) is 0 Å². The summed E-state index contributed by atoms with van der Waals surface area (Å²) >= 11 is 0. The monoisotopic (exact) mass is 251 g/mol. The molecule has 0 radical (unpaired) electrons. The van der Waals surface area contributed by atoms with E-state index in [4.69, 9.17) is 14.3 Å². The van der Waals surface area contributed by atoms with Gasteiger partial charge in [0.25, 0.3) is 0 Å². The molecule has 1 rings (SSSR count). The van der Waals surface area contributed by atoms with Crippen molar-refractivity contribution in [3.05, 3.63) is 24.3 Å². The van der Waals surface area contributed by atoms with Crippen LogP contribution in [0.15, 0.2) is 29.4 Å². The second kappa shape index (κ2) is 8.39. The van der Waals surface area contributed by atoms with Crippen molar-refractivity contribution in [2.24, 2.45) is 5.16 Å². The Morgan fingerprint density at radius 3 is 2.44 bits per heavy atom. The number of nitrogens with zero attached hydrogens (tertiary/aromatic N) is 1. The summed E-state index contributed by atoms with van der Waals surface area (Å²) in [5.41, 5.74) is 0. The normalized spacial score (nSPS) is 12.4. The van der Waals surface area contributed by atoms with E-state index in [0.29, 0.717) is 13.2 Å². The molecule has 0 bridgehead atoms. The predicted molar refractivity (Wildman–Crippen MR) is 72.4 cm³/mol. The average molecular weight is 251 g/mol. The smallest absolute Gasteiger partial charge is 0.127 e. The van der Waals surface area contributed by atoms with Crippen molar-refractivity contribution in [3.63, 3.8) is 0 Å². The number of rotatable bonds is 8. The largest absolute Gasteiger partial charge is 0.491 e. The summed E-state index contributed by atoms with van der Waals surface area (Å²) in [5, 5.41) is 3.70. The molecule has 0 saturated heterocycles. The van der Waals surface area contributed by atoms with E-state index in [2.05, 4.69) is 19.0 Å². The van der Waals surface area contributed by atoms with Crippen molar-refractivity contribution in [1.29, 1.82) is 0 Å². The molecule has 0 aliphatic rings. The lowest BCUT2D eigenvalue weighted by molar-refractivity contribution is 0.158. The van der Waals surface area contributed by atoms with Crippen LogP contribution in [0.5, 0.6) is 11.5 Å². The Bertz CT molecular complexity index is 349. The SMILES string of the molecule is CCO/N=C\COc1ccc(OC(C)CC)cc1. The van der Waals surface area contributed by atoms with Crippen LogP contribution in [0.3, 0.4) is 0 Å². The highest BCUT2D eigenvalue weighted by atomic mass is 16.6. The highest BCUT2D eigenvalue weighted by Gasteiger charge is 2.00. The van der Waals surface area contributed by atoms with Gasteiger partial charge < -0.3 is 14.3 Å². The molecule has 1 aromatic rings. The topological polar surface area (TPSA) is 40.0 Å². The molecule has 0 aliphatic carbocycles. The lowest BCUT2D eigenvalue weighted by atomic mass is 10.3. The highest BCUT2D eigenvalue weighted by molar-refractivity contribution is 5.58. The maximum absolute atomic E-state index is 5.67. The van der Waals surface area contributed by atoms with Gasteiger partial charge in [0.05, 0.1) is 12.3 Å². The summed E-state index contributed by atoms with van der Waals surface area (Å²) in [6.45, 7) is 6.99. The fourth-order valence-electron chi connectivity index (χ4n) is 1.22. The van der Waals surface area contributed by atoms with Crippen LogP contribution < -0.4 is 9.47 Å². The maximum atomic E-state index is 5.67. The summed E-state index contributed by atoms with van der Waals surface area (Å²) < 4.78 is 11.1. The van der Waals surface area contributed by atoms with E-state index in [0.717, 1.165) is 17.9 Å². The van der Waals surface area contributed by atoms with Crippen LogP contribution in [0.2, 0.25) is 0 Å². The number of benzene rings is 1. The first-order chi connectivity index (χ1) is 8.76. The Morgan fingerprint density at radius 2 is 1.83 bits per heavy atom. The third-order valence-electron chi connectivity index (χ3n) is 2.34. The molecule has 0 aliphatic heterocycles. The van der Waals surface area contributed by atoms with Crippen LogP contribution in [0.4, 0.5) is 0 Å². The van der Waals surface area contributed by atoms with Crippen LogP contribution in [0, 0.1) is 0 Å². The van der Waals surface area contributed by atoms with Gasteiger partial charge in [0, 0.05) is 0 Å². The molecule has 0 spiro atoms. The zero-order chi connectivity index (χ0) is 13.2. The standard InChI is InChI=1S/C14H21NO3/c1-4-12(3)18-14-8-6-13(7-9-14)16-11-10-15-17-5-2/h6-10,12H,4-5,11H2,1-3H3/b15-10-. The predicted octanol–water partition coefficient (Wildman–Crippen LogP) is 3.27. The number of oxime groups is 1. The van der Waals surface area contributed by atoms with Gasteiger partial charge in [-0.3, -0.25) is 0 Å². The minimum Gasteiger partial charge on any atom is -0.491 e. The summed E-state index contributed by atoms with van der Waals surface area (Å²) in [5.74, 6) is 1.65. The Morgan fingerprint density at radius 1 is 1.17 bits per heavy atom. The van der Waals surface area contributed by atoms with Crippen LogP contribution in [-0.4, -0.2) is 25.5 Å². The van der Waals surface area contributed by atoms with Gasteiger partial charge in [-0.15, -0.1) is 0 Å². The van der Waals surface area contributed by atoms with E-state index in [1.807, 2.05) is 31.2 Å². The van der Waals surface area contributed by atoms with E-state index in [-0.39, 0.29) is 6.10 Å². The van der Waals surface area contributed by atoms with Gasteiger partial charge in [0.1, 0.15) is 24.7 Å². The van der Waals surface area contributed by atoms with Crippen LogP contribution >= 0.6 is 0 Å². The molecular formula is C14H21NO3. The zero-order valence-corrected chi connectivity index (χ0v) is 11.3. The lowest BCUT2D eigenvalue weighted by Crippen LogP contribution is -2.09. The van der Waals surface area contributed by atoms with Crippen molar-refractivity contribution in [3.8, 4) is 11.5 Å². The van der Waals surface area contributed by atoms with E-state index in [1.54, 1.807) is 6.21 Å². The van der Waals surface area contributed by atoms with Gasteiger partial charge in [0.15, 0.2) is 0 Å². The van der Waals surface area contributed by atoms with E-state index in [9.17, 15) is 0 Å². The second-order valence-electron chi connectivity index (χ2n) is 3.82. The number of hydrogen-bond acceptors (Lipinski definition) is 4. The van der Waals surface area contributed by atoms with Gasteiger partial charge in [-0.1, -0.05) is 12.1 Å². The Kier molecular flexibility index (Phi) is 6.69. The first-order valence-corrected chi connectivity index (χ1v) is 6.29. The Labute approximate surface area is 109 Å². The van der Waals surface area contributed by atoms with E-state index >= 15 is 0 Å². The van der Waals surface area contributed by atoms with Gasteiger partial charge in [-0.2, -0.15) is 0 Å². The van der Waals surface area contributed by atoms with E-state index < -0.39 is 0 Å². The minimum atomic E-state index is 0.232. The van der Waals surface area contributed by atoms with Crippen LogP contribution in [-0.2, 0) is 4.84 Å². The molecular weight excluding hydrogens is 230 g/mol. The molecule has 100 valence electrons. The first kappa shape index (κ1) is 14.4. The highest BCUT2D eigenvalue weighted by Crippen LogP contribution is 2.18. The van der Waals surface area contributed by atoms with Crippen LogP contribution in [0.25, 0.3) is 0 Å². The van der Waals surface area contributed by atoms with Gasteiger partial charge >= 0.3 is 0 Å². The molecule has 0 fully saturated rings. The molecule has 18 heavy (non-hydrogen) atoms. The van der Waals surface area contributed by atoms with Crippen molar-refractivity contribution in [2.75, 3.05) is 13.2 Å². The van der Waals surface area contributed by atoms with Crippen LogP contribution in [0.1, 0.15) is 27.2 Å².